The van der Waals surface area contributed by atoms with Crippen molar-refractivity contribution in [3.8, 4) is 11.8 Å². The van der Waals surface area contributed by atoms with Crippen LogP contribution < -0.4 is 4.74 Å². The molecule has 0 saturated heterocycles. The second kappa shape index (κ2) is 9.63. The minimum absolute atomic E-state index is 0.0893. The highest BCUT2D eigenvalue weighted by Crippen LogP contribution is 2.20. The normalized spacial score (nSPS) is 10.9. The Kier molecular flexibility index (Phi) is 6.73. The fourth-order valence-electron chi connectivity index (χ4n) is 2.64. The largest absolute Gasteiger partial charge is 0.489 e. The van der Waals surface area contributed by atoms with Gasteiger partial charge in [0.2, 0.25) is 5.78 Å². The van der Waals surface area contributed by atoms with Gasteiger partial charge in [0.15, 0.2) is 0 Å². The first kappa shape index (κ1) is 21.0. The third-order valence-corrected chi connectivity index (χ3v) is 4.72. The van der Waals surface area contributed by atoms with Crippen molar-refractivity contribution in [2.24, 2.45) is 0 Å². The molecule has 3 rings (SSSR count). The summed E-state index contributed by atoms with van der Waals surface area (Å²) in [5.74, 6) is 0.0790. The van der Waals surface area contributed by atoms with E-state index in [0.29, 0.717) is 17.9 Å². The topological polar surface area (TPSA) is 93.2 Å². The number of allylic oxidation sites excluding steroid dienone is 1. The molecule has 3 aromatic rings. The van der Waals surface area contributed by atoms with Crippen molar-refractivity contribution in [2.45, 2.75) is 6.61 Å². The highest BCUT2D eigenvalue weighted by Gasteiger charge is 2.15. The SMILES string of the molecule is N#C/C(=C\c1ccc(OCc2ccc(Br)cc2)cc1)C(=O)c1cccc([N+](=O)[O-])c1. The number of benzene rings is 3. The van der Waals surface area contributed by atoms with Gasteiger partial charge in [-0.2, -0.15) is 5.26 Å². The number of ketones is 1. The van der Waals surface area contributed by atoms with Crippen LogP contribution in [0.4, 0.5) is 5.69 Å². The Morgan fingerprint density at radius 1 is 1.10 bits per heavy atom. The fraction of sp³-hybridized carbons (Fsp3) is 0.0435. The van der Waals surface area contributed by atoms with Gasteiger partial charge in [-0.15, -0.1) is 0 Å². The molecule has 0 aliphatic carbocycles. The van der Waals surface area contributed by atoms with Crippen molar-refractivity contribution in [3.63, 3.8) is 0 Å². The van der Waals surface area contributed by atoms with E-state index in [1.54, 1.807) is 24.3 Å². The number of hydrogen-bond acceptors (Lipinski definition) is 5. The van der Waals surface area contributed by atoms with Crippen molar-refractivity contribution in [1.29, 1.82) is 5.26 Å². The molecule has 6 nitrogen and oxygen atoms in total. The van der Waals surface area contributed by atoms with Crippen LogP contribution in [0.5, 0.6) is 5.75 Å². The zero-order valence-electron chi connectivity index (χ0n) is 15.6. The van der Waals surface area contributed by atoms with Crippen LogP contribution in [-0.4, -0.2) is 10.7 Å². The number of nitro benzene ring substituents is 1. The number of non-ortho nitro benzene ring substituents is 1. The summed E-state index contributed by atoms with van der Waals surface area (Å²) in [5, 5.41) is 20.3. The number of nitriles is 1. The summed E-state index contributed by atoms with van der Waals surface area (Å²) in [6.07, 6.45) is 1.44. The maximum Gasteiger partial charge on any atom is 0.270 e. The van der Waals surface area contributed by atoms with Crippen LogP contribution in [0.1, 0.15) is 21.5 Å². The number of ether oxygens (including phenoxy) is 1. The summed E-state index contributed by atoms with van der Waals surface area (Å²) in [4.78, 5) is 22.9. The van der Waals surface area contributed by atoms with Crippen molar-refractivity contribution >= 4 is 33.5 Å². The molecule has 0 atom stereocenters. The molecule has 0 fully saturated rings. The minimum Gasteiger partial charge on any atom is -0.489 e. The Hall–Kier alpha value is -3.76. The number of rotatable bonds is 7. The summed E-state index contributed by atoms with van der Waals surface area (Å²) < 4.78 is 6.73. The summed E-state index contributed by atoms with van der Waals surface area (Å²) in [5.41, 5.74) is 1.44. The van der Waals surface area contributed by atoms with Crippen molar-refractivity contribution in [1.82, 2.24) is 0 Å². The van der Waals surface area contributed by atoms with E-state index >= 15 is 0 Å². The average molecular weight is 463 g/mol. The van der Waals surface area contributed by atoms with Gasteiger partial charge in [-0.25, -0.2) is 0 Å². The predicted molar refractivity (Wildman–Crippen MR) is 116 cm³/mol. The molecule has 0 aliphatic rings. The average Bonchev–Trinajstić information content (AvgIpc) is 2.77. The third kappa shape index (κ3) is 5.40. The van der Waals surface area contributed by atoms with Crippen LogP contribution in [0.3, 0.4) is 0 Å². The molecule has 0 unspecified atom stereocenters. The zero-order valence-corrected chi connectivity index (χ0v) is 17.2. The second-order valence-electron chi connectivity index (χ2n) is 6.29. The second-order valence-corrected chi connectivity index (χ2v) is 7.21. The highest BCUT2D eigenvalue weighted by atomic mass is 79.9. The number of carbonyl (C=O) groups is 1. The Bertz CT molecular complexity index is 1150. The van der Waals surface area contributed by atoms with E-state index in [4.69, 9.17) is 4.74 Å². The van der Waals surface area contributed by atoms with Crippen LogP contribution in [0.2, 0.25) is 0 Å². The van der Waals surface area contributed by atoms with E-state index in [1.807, 2.05) is 30.3 Å². The summed E-state index contributed by atoms with van der Waals surface area (Å²) >= 11 is 3.39. The lowest BCUT2D eigenvalue weighted by molar-refractivity contribution is -0.384. The molecular weight excluding hydrogens is 448 g/mol. The van der Waals surface area contributed by atoms with Crippen LogP contribution in [0, 0.1) is 21.4 Å². The number of carbonyl (C=O) groups excluding carboxylic acids is 1. The first-order valence-corrected chi connectivity index (χ1v) is 9.64. The molecule has 7 heteroatoms. The van der Waals surface area contributed by atoms with Gasteiger partial charge in [-0.05, 0) is 41.5 Å². The van der Waals surface area contributed by atoms with Gasteiger partial charge in [-0.1, -0.05) is 52.3 Å². The molecule has 0 N–H and O–H groups in total. The fourth-order valence-corrected chi connectivity index (χ4v) is 2.90. The van der Waals surface area contributed by atoms with Crippen molar-refractivity contribution in [3.05, 3.63) is 110 Å². The molecule has 148 valence electrons. The van der Waals surface area contributed by atoms with Gasteiger partial charge in [-0.3, -0.25) is 14.9 Å². The van der Waals surface area contributed by atoms with E-state index in [9.17, 15) is 20.2 Å². The summed E-state index contributed by atoms with van der Waals surface area (Å²) in [7, 11) is 0. The molecule has 0 aromatic heterocycles. The van der Waals surface area contributed by atoms with Gasteiger partial charge in [0.1, 0.15) is 24.0 Å². The van der Waals surface area contributed by atoms with Crippen LogP contribution in [0.15, 0.2) is 82.8 Å². The Labute approximate surface area is 181 Å². The van der Waals surface area contributed by atoms with Gasteiger partial charge in [0, 0.05) is 22.2 Å². The van der Waals surface area contributed by atoms with Gasteiger partial charge in [0.25, 0.3) is 5.69 Å². The van der Waals surface area contributed by atoms with E-state index < -0.39 is 10.7 Å². The van der Waals surface area contributed by atoms with E-state index in [2.05, 4.69) is 15.9 Å². The predicted octanol–water partition coefficient (Wildman–Crippen LogP) is 5.73. The van der Waals surface area contributed by atoms with Gasteiger partial charge >= 0.3 is 0 Å². The van der Waals surface area contributed by atoms with Crippen LogP contribution in [0.25, 0.3) is 6.08 Å². The molecule has 3 aromatic carbocycles. The molecule has 0 saturated carbocycles. The maximum atomic E-state index is 12.6. The first-order valence-electron chi connectivity index (χ1n) is 8.84. The van der Waals surface area contributed by atoms with Crippen LogP contribution in [-0.2, 0) is 6.61 Å². The van der Waals surface area contributed by atoms with E-state index in [-0.39, 0.29) is 16.8 Å². The monoisotopic (exact) mass is 462 g/mol. The molecule has 0 radical (unpaired) electrons. The van der Waals surface area contributed by atoms with E-state index in [0.717, 1.165) is 16.1 Å². The third-order valence-electron chi connectivity index (χ3n) is 4.19. The Morgan fingerprint density at radius 3 is 2.43 bits per heavy atom. The number of nitro groups is 1. The molecule has 0 amide bonds. The molecule has 30 heavy (non-hydrogen) atoms. The lowest BCUT2D eigenvalue weighted by atomic mass is 10.0. The molecule has 0 aliphatic heterocycles. The first-order chi connectivity index (χ1) is 14.5. The highest BCUT2D eigenvalue weighted by molar-refractivity contribution is 9.10. The molecule has 0 spiro atoms. The van der Waals surface area contributed by atoms with E-state index in [1.165, 1.54) is 24.3 Å². The van der Waals surface area contributed by atoms with Crippen molar-refractivity contribution in [2.75, 3.05) is 0 Å². The Morgan fingerprint density at radius 2 is 1.80 bits per heavy atom. The Balaban J connectivity index is 1.72. The number of halogens is 1. The lowest BCUT2D eigenvalue weighted by Crippen LogP contribution is -2.02. The van der Waals surface area contributed by atoms with Crippen molar-refractivity contribution < 1.29 is 14.5 Å². The van der Waals surface area contributed by atoms with Crippen LogP contribution >= 0.6 is 15.9 Å². The standard InChI is InChI=1S/C23H15BrN2O4/c24-20-8-4-17(5-9-20)15-30-22-10-6-16(7-11-22)12-19(14-25)23(27)18-2-1-3-21(13-18)26(28)29/h1-13H,15H2/b19-12+. The number of hydrogen-bond donors (Lipinski definition) is 0. The maximum absolute atomic E-state index is 12.6. The number of Topliss-reactive ketones (excluding diaryl/α,β-unsaturated/α-hetero) is 1. The minimum atomic E-state index is -0.584. The number of nitrogens with zero attached hydrogens (tertiary/aromatic N) is 2. The molecule has 0 bridgehead atoms. The zero-order chi connectivity index (χ0) is 21.5. The summed E-state index contributed by atoms with van der Waals surface area (Å²) in [6, 6.07) is 21.9. The molecular formula is C23H15BrN2O4. The summed E-state index contributed by atoms with van der Waals surface area (Å²) in [6.45, 7) is 0.414. The van der Waals surface area contributed by atoms with Gasteiger partial charge < -0.3 is 4.74 Å². The van der Waals surface area contributed by atoms with Gasteiger partial charge in [0.05, 0.1) is 4.92 Å². The smallest absolute Gasteiger partial charge is 0.270 e. The molecule has 0 heterocycles. The lowest BCUT2D eigenvalue weighted by Gasteiger charge is -2.07. The quantitative estimate of drug-likeness (QED) is 0.147.